The second-order valence-electron chi connectivity index (χ2n) is 6.02. The van der Waals surface area contributed by atoms with E-state index in [4.69, 9.17) is 0 Å². The molecule has 3 rings (SSSR count). The highest BCUT2D eigenvalue weighted by atomic mass is 16.4. The Labute approximate surface area is 107 Å². The van der Waals surface area contributed by atoms with Crippen LogP contribution in [0.4, 0.5) is 0 Å². The topological polar surface area (TPSA) is 57.6 Å². The molecule has 4 heteroatoms. The summed E-state index contributed by atoms with van der Waals surface area (Å²) in [7, 11) is 0. The Morgan fingerprint density at radius 1 is 0.944 bits per heavy atom. The lowest BCUT2D eigenvalue weighted by Crippen LogP contribution is -2.48. The van der Waals surface area contributed by atoms with Gasteiger partial charge in [0.1, 0.15) is 6.04 Å². The minimum atomic E-state index is -0.827. The first kappa shape index (κ1) is 12.0. The number of hydrogen-bond acceptors (Lipinski definition) is 2. The zero-order valence-corrected chi connectivity index (χ0v) is 10.7. The number of carbonyl (C=O) groups excluding carboxylic acids is 1. The van der Waals surface area contributed by atoms with Crippen molar-refractivity contribution in [1.29, 1.82) is 0 Å². The standard InChI is InChI=1S/C14H21NO3/c16-13(12-9-5-1-2-6-10(9)12)15-8-4-3-7-11(15)14(17)18/h9-12H,1-8H2,(H,17,18)/t9-,10+,11-,12?/m1/s1. The zero-order chi connectivity index (χ0) is 12.7. The van der Waals surface area contributed by atoms with Crippen molar-refractivity contribution >= 4 is 11.9 Å². The SMILES string of the molecule is O=C(O)[C@H]1CCCCN1C(=O)C1[C@H]2CCCC[C@@H]12. The van der Waals surface area contributed by atoms with Crippen molar-refractivity contribution in [2.24, 2.45) is 17.8 Å². The van der Waals surface area contributed by atoms with Crippen LogP contribution in [0, 0.1) is 17.8 Å². The lowest BCUT2D eigenvalue weighted by atomic mass is 10.0. The van der Waals surface area contributed by atoms with Gasteiger partial charge in [-0.2, -0.15) is 0 Å². The predicted molar refractivity (Wildman–Crippen MR) is 65.9 cm³/mol. The third-order valence-corrected chi connectivity index (χ3v) is 5.01. The molecule has 1 aliphatic heterocycles. The summed E-state index contributed by atoms with van der Waals surface area (Å²) in [6.07, 6.45) is 7.35. The monoisotopic (exact) mass is 251 g/mol. The van der Waals surface area contributed by atoms with E-state index in [1.807, 2.05) is 0 Å². The molecule has 0 aromatic heterocycles. The molecule has 0 aromatic rings. The number of amides is 1. The van der Waals surface area contributed by atoms with Gasteiger partial charge in [0.25, 0.3) is 0 Å². The largest absolute Gasteiger partial charge is 0.480 e. The number of rotatable bonds is 2. The number of hydrogen-bond donors (Lipinski definition) is 1. The fraction of sp³-hybridized carbons (Fsp3) is 0.857. The second kappa shape index (κ2) is 4.56. The molecule has 2 aliphatic carbocycles. The van der Waals surface area contributed by atoms with Crippen LogP contribution >= 0.6 is 0 Å². The summed E-state index contributed by atoms with van der Waals surface area (Å²) in [5.74, 6) is 0.614. The maximum Gasteiger partial charge on any atom is 0.326 e. The van der Waals surface area contributed by atoms with Crippen molar-refractivity contribution in [3.05, 3.63) is 0 Å². The Bertz CT molecular complexity index is 356. The number of nitrogens with zero attached hydrogens (tertiary/aromatic N) is 1. The Morgan fingerprint density at radius 2 is 1.56 bits per heavy atom. The van der Waals surface area contributed by atoms with Crippen LogP contribution in [0.1, 0.15) is 44.9 Å². The molecule has 3 fully saturated rings. The van der Waals surface area contributed by atoms with E-state index >= 15 is 0 Å². The van der Waals surface area contributed by atoms with Gasteiger partial charge in [-0.25, -0.2) is 4.79 Å². The molecule has 1 unspecified atom stereocenters. The second-order valence-corrected chi connectivity index (χ2v) is 6.02. The lowest BCUT2D eigenvalue weighted by molar-refractivity contribution is -0.152. The van der Waals surface area contributed by atoms with E-state index in [9.17, 15) is 14.7 Å². The number of carboxylic acids is 1. The summed E-state index contributed by atoms with van der Waals surface area (Å²) in [4.78, 5) is 25.4. The molecular weight excluding hydrogens is 230 g/mol. The average Bonchev–Trinajstić information content (AvgIpc) is 3.12. The van der Waals surface area contributed by atoms with Gasteiger partial charge in [0.15, 0.2) is 0 Å². The predicted octanol–water partition coefficient (Wildman–Crippen LogP) is 1.89. The minimum Gasteiger partial charge on any atom is -0.480 e. The van der Waals surface area contributed by atoms with E-state index < -0.39 is 12.0 Å². The Morgan fingerprint density at radius 3 is 2.17 bits per heavy atom. The first-order chi connectivity index (χ1) is 8.70. The molecule has 0 radical (unpaired) electrons. The van der Waals surface area contributed by atoms with E-state index in [1.165, 1.54) is 25.7 Å². The number of aliphatic carboxylic acids is 1. The number of likely N-dealkylation sites (tertiary alicyclic amines) is 1. The summed E-state index contributed by atoms with van der Waals surface area (Å²) in [5, 5.41) is 9.22. The van der Waals surface area contributed by atoms with Crippen LogP contribution in [0.3, 0.4) is 0 Å². The van der Waals surface area contributed by atoms with Crippen LogP contribution in [0.2, 0.25) is 0 Å². The first-order valence-corrected chi connectivity index (χ1v) is 7.23. The van der Waals surface area contributed by atoms with Gasteiger partial charge in [0, 0.05) is 12.5 Å². The Kier molecular flexibility index (Phi) is 3.04. The Hall–Kier alpha value is -1.06. The van der Waals surface area contributed by atoms with Crippen LogP contribution in [0.25, 0.3) is 0 Å². The molecule has 100 valence electrons. The van der Waals surface area contributed by atoms with Crippen molar-refractivity contribution in [3.63, 3.8) is 0 Å². The van der Waals surface area contributed by atoms with Gasteiger partial charge in [-0.05, 0) is 43.9 Å². The summed E-state index contributed by atoms with van der Waals surface area (Å²) < 4.78 is 0. The number of fused-ring (bicyclic) bond motifs is 1. The molecule has 0 bridgehead atoms. The van der Waals surface area contributed by atoms with E-state index in [2.05, 4.69) is 0 Å². The van der Waals surface area contributed by atoms with Gasteiger partial charge >= 0.3 is 5.97 Å². The van der Waals surface area contributed by atoms with E-state index in [1.54, 1.807) is 4.90 Å². The van der Waals surface area contributed by atoms with Gasteiger partial charge in [-0.1, -0.05) is 12.8 Å². The van der Waals surface area contributed by atoms with Crippen molar-refractivity contribution in [2.45, 2.75) is 51.0 Å². The van der Waals surface area contributed by atoms with Gasteiger partial charge in [0.05, 0.1) is 0 Å². The molecule has 4 atom stereocenters. The average molecular weight is 251 g/mol. The molecule has 1 amide bonds. The highest BCUT2D eigenvalue weighted by Gasteiger charge is 2.56. The number of carboxylic acid groups (broad SMARTS) is 1. The molecule has 18 heavy (non-hydrogen) atoms. The van der Waals surface area contributed by atoms with Crippen LogP contribution in [0.15, 0.2) is 0 Å². The quantitative estimate of drug-likeness (QED) is 0.815. The molecule has 1 heterocycles. The minimum absolute atomic E-state index is 0.138. The van der Waals surface area contributed by atoms with Gasteiger partial charge < -0.3 is 10.0 Å². The van der Waals surface area contributed by atoms with Crippen molar-refractivity contribution in [3.8, 4) is 0 Å². The van der Waals surface area contributed by atoms with Crippen LogP contribution in [0.5, 0.6) is 0 Å². The lowest BCUT2D eigenvalue weighted by Gasteiger charge is -2.33. The molecule has 1 saturated heterocycles. The maximum absolute atomic E-state index is 12.5. The third-order valence-electron chi connectivity index (χ3n) is 5.01. The molecule has 2 saturated carbocycles. The molecular formula is C14H21NO3. The van der Waals surface area contributed by atoms with Crippen LogP contribution < -0.4 is 0 Å². The molecule has 4 nitrogen and oxygen atoms in total. The van der Waals surface area contributed by atoms with Gasteiger partial charge in [-0.3, -0.25) is 4.79 Å². The molecule has 0 spiro atoms. The maximum atomic E-state index is 12.5. The summed E-state index contributed by atoms with van der Waals surface area (Å²) in [5.41, 5.74) is 0. The molecule has 0 aromatic carbocycles. The summed E-state index contributed by atoms with van der Waals surface area (Å²) in [6, 6.07) is -0.561. The summed E-state index contributed by atoms with van der Waals surface area (Å²) in [6.45, 7) is 0.645. The van der Waals surface area contributed by atoms with E-state index in [-0.39, 0.29) is 11.8 Å². The molecule has 3 aliphatic rings. The van der Waals surface area contributed by atoms with Crippen LogP contribution in [-0.4, -0.2) is 34.5 Å². The number of piperidine rings is 1. The van der Waals surface area contributed by atoms with E-state index in [0.717, 1.165) is 12.8 Å². The van der Waals surface area contributed by atoms with Crippen molar-refractivity contribution in [1.82, 2.24) is 4.90 Å². The fourth-order valence-electron chi connectivity index (χ4n) is 4.00. The van der Waals surface area contributed by atoms with Crippen molar-refractivity contribution < 1.29 is 14.7 Å². The molecule has 1 N–H and O–H groups in total. The highest BCUT2D eigenvalue weighted by Crippen LogP contribution is 2.56. The fourth-order valence-corrected chi connectivity index (χ4v) is 4.00. The highest BCUT2D eigenvalue weighted by molar-refractivity contribution is 5.87. The van der Waals surface area contributed by atoms with Crippen LogP contribution in [-0.2, 0) is 9.59 Å². The third kappa shape index (κ3) is 1.91. The smallest absolute Gasteiger partial charge is 0.326 e. The van der Waals surface area contributed by atoms with Gasteiger partial charge in [-0.15, -0.1) is 0 Å². The van der Waals surface area contributed by atoms with Crippen molar-refractivity contribution in [2.75, 3.05) is 6.54 Å². The zero-order valence-electron chi connectivity index (χ0n) is 10.7. The Balaban J connectivity index is 1.69. The summed E-state index contributed by atoms with van der Waals surface area (Å²) >= 11 is 0. The first-order valence-electron chi connectivity index (χ1n) is 7.23. The van der Waals surface area contributed by atoms with Gasteiger partial charge in [0.2, 0.25) is 5.91 Å². The van der Waals surface area contributed by atoms with E-state index in [0.29, 0.717) is 24.8 Å². The number of carbonyl (C=O) groups is 2. The normalized spacial score (nSPS) is 39.0.